The Morgan fingerprint density at radius 1 is 1.14 bits per heavy atom. The Morgan fingerprint density at radius 3 is 2.75 bits per heavy atom. The summed E-state index contributed by atoms with van der Waals surface area (Å²) in [4.78, 5) is 12.5. The lowest BCUT2D eigenvalue weighted by Gasteiger charge is -2.16. The Hall–Kier alpha value is -3.22. The second-order valence-electron chi connectivity index (χ2n) is 6.83. The lowest BCUT2D eigenvalue weighted by molar-refractivity contribution is -0.122. The maximum Gasteiger partial charge on any atom is 0.266 e. The monoisotopic (exact) mass is 381 g/mol. The minimum Gasteiger partial charge on any atom is -0.478 e. The molecule has 7 heteroatoms. The van der Waals surface area contributed by atoms with Crippen molar-refractivity contribution in [3.05, 3.63) is 59.4 Å². The summed E-state index contributed by atoms with van der Waals surface area (Å²) in [5, 5.41) is 10.4. The molecule has 1 N–H and O–H groups in total. The van der Waals surface area contributed by atoms with Gasteiger partial charge in [0.2, 0.25) is 5.82 Å². The highest BCUT2D eigenvalue weighted by Crippen LogP contribution is 2.30. The predicted octanol–water partition coefficient (Wildman–Crippen LogP) is 4.16. The largest absolute Gasteiger partial charge is 0.478 e. The number of rotatable bonds is 5. The summed E-state index contributed by atoms with van der Waals surface area (Å²) in [7, 11) is 0. The molecule has 0 spiro atoms. The van der Waals surface area contributed by atoms with Gasteiger partial charge in [-0.2, -0.15) is 0 Å². The van der Waals surface area contributed by atoms with Gasteiger partial charge in [0.05, 0.1) is 0 Å². The average Bonchev–Trinajstić information content (AvgIpc) is 3.17. The number of fused-ring (bicyclic) bond motifs is 1. The van der Waals surface area contributed by atoms with Crippen molar-refractivity contribution >= 4 is 11.7 Å². The summed E-state index contributed by atoms with van der Waals surface area (Å²) in [6.07, 6.45) is 3.57. The number of amides is 1. The van der Waals surface area contributed by atoms with E-state index in [1.165, 1.54) is 43.0 Å². The lowest BCUT2D eigenvalue weighted by Crippen LogP contribution is -2.30. The molecule has 1 heterocycles. The molecule has 4 rings (SSSR count). The smallest absolute Gasteiger partial charge is 0.266 e. The number of carbonyl (C=O) groups excluding carboxylic acids is 1. The van der Waals surface area contributed by atoms with Crippen molar-refractivity contribution in [1.29, 1.82) is 0 Å². The zero-order valence-corrected chi connectivity index (χ0v) is 15.4. The summed E-state index contributed by atoms with van der Waals surface area (Å²) in [6, 6.07) is 12.1. The Labute approximate surface area is 161 Å². The highest BCUT2D eigenvalue weighted by Gasteiger charge is 2.22. The maximum absolute atomic E-state index is 13.7. The molecule has 0 fully saturated rings. The third-order valence-corrected chi connectivity index (χ3v) is 4.86. The summed E-state index contributed by atoms with van der Waals surface area (Å²) in [6.45, 7) is 1.54. The molecule has 0 bridgehead atoms. The standard InChI is InChI=1S/C21H20FN3O3/c1-13(27-18-9-5-4-8-17(18)22)21(26)23-20-19(24-28-25-20)16-11-10-14-6-2-3-7-15(14)12-16/h4-5,8-13H,2-3,6-7H2,1H3,(H,23,25,26)/t13-/m1/s1. The highest BCUT2D eigenvalue weighted by molar-refractivity contribution is 5.96. The van der Waals surface area contributed by atoms with Crippen molar-refractivity contribution < 1.29 is 18.6 Å². The third kappa shape index (κ3) is 3.74. The van der Waals surface area contributed by atoms with Crippen LogP contribution in [0.5, 0.6) is 5.75 Å². The van der Waals surface area contributed by atoms with E-state index in [1.54, 1.807) is 12.1 Å². The highest BCUT2D eigenvalue weighted by atomic mass is 19.1. The molecular weight excluding hydrogens is 361 g/mol. The van der Waals surface area contributed by atoms with E-state index in [9.17, 15) is 9.18 Å². The van der Waals surface area contributed by atoms with E-state index >= 15 is 0 Å². The maximum atomic E-state index is 13.7. The fourth-order valence-corrected chi connectivity index (χ4v) is 3.34. The first-order chi connectivity index (χ1) is 13.6. The van der Waals surface area contributed by atoms with Gasteiger partial charge < -0.3 is 10.1 Å². The molecule has 1 amide bonds. The van der Waals surface area contributed by atoms with Crippen molar-refractivity contribution in [2.75, 3.05) is 5.32 Å². The van der Waals surface area contributed by atoms with Gasteiger partial charge in [-0.1, -0.05) is 24.3 Å². The second-order valence-corrected chi connectivity index (χ2v) is 6.83. The van der Waals surface area contributed by atoms with E-state index < -0.39 is 17.8 Å². The van der Waals surface area contributed by atoms with Gasteiger partial charge in [-0.15, -0.1) is 0 Å². The zero-order valence-electron chi connectivity index (χ0n) is 15.4. The minimum atomic E-state index is -0.926. The zero-order chi connectivity index (χ0) is 19.5. The van der Waals surface area contributed by atoms with Crippen molar-refractivity contribution in [3.8, 4) is 17.0 Å². The molecule has 1 aromatic heterocycles. The van der Waals surface area contributed by atoms with Gasteiger partial charge >= 0.3 is 0 Å². The van der Waals surface area contributed by atoms with Gasteiger partial charge in [0.15, 0.2) is 23.4 Å². The van der Waals surface area contributed by atoms with Crippen molar-refractivity contribution in [2.45, 2.75) is 38.7 Å². The van der Waals surface area contributed by atoms with Crippen LogP contribution in [-0.4, -0.2) is 22.3 Å². The van der Waals surface area contributed by atoms with Gasteiger partial charge in [-0.3, -0.25) is 4.79 Å². The van der Waals surface area contributed by atoms with Crippen LogP contribution < -0.4 is 10.1 Å². The third-order valence-electron chi connectivity index (χ3n) is 4.86. The number of hydrogen-bond acceptors (Lipinski definition) is 5. The molecule has 2 aromatic carbocycles. The number of aryl methyl sites for hydroxylation is 2. The number of para-hydroxylation sites is 1. The summed E-state index contributed by atoms with van der Waals surface area (Å²) in [5.74, 6) is -0.777. The van der Waals surface area contributed by atoms with Crippen LogP contribution in [0, 0.1) is 5.82 Å². The Morgan fingerprint density at radius 2 is 1.93 bits per heavy atom. The quantitative estimate of drug-likeness (QED) is 0.718. The first kappa shape index (κ1) is 18.2. The van der Waals surface area contributed by atoms with Crippen molar-refractivity contribution in [1.82, 2.24) is 10.3 Å². The van der Waals surface area contributed by atoms with Gasteiger partial charge in [0.1, 0.15) is 0 Å². The molecule has 3 aromatic rings. The molecule has 6 nitrogen and oxygen atoms in total. The molecular formula is C21H20FN3O3. The van der Waals surface area contributed by atoms with Crippen LogP contribution in [0.2, 0.25) is 0 Å². The Balaban J connectivity index is 1.50. The first-order valence-corrected chi connectivity index (χ1v) is 9.28. The summed E-state index contributed by atoms with van der Waals surface area (Å²) < 4.78 is 24.0. The summed E-state index contributed by atoms with van der Waals surface area (Å²) >= 11 is 0. The SMILES string of the molecule is C[C@@H](Oc1ccccc1F)C(=O)Nc1nonc1-c1ccc2c(c1)CCCC2. The first-order valence-electron chi connectivity index (χ1n) is 9.28. The number of carbonyl (C=O) groups is 1. The van der Waals surface area contributed by atoms with E-state index in [0.29, 0.717) is 5.69 Å². The average molecular weight is 381 g/mol. The number of aromatic nitrogens is 2. The number of nitrogens with zero attached hydrogens (tertiary/aromatic N) is 2. The molecule has 1 aliphatic carbocycles. The molecule has 0 saturated heterocycles. The van der Waals surface area contributed by atoms with E-state index in [4.69, 9.17) is 9.37 Å². The molecule has 0 aliphatic heterocycles. The number of benzene rings is 2. The van der Waals surface area contributed by atoms with Crippen LogP contribution >= 0.6 is 0 Å². The van der Waals surface area contributed by atoms with Crippen LogP contribution in [0.25, 0.3) is 11.3 Å². The van der Waals surface area contributed by atoms with E-state index in [0.717, 1.165) is 18.4 Å². The molecule has 0 saturated carbocycles. The number of halogens is 1. The molecule has 1 atom stereocenters. The Bertz CT molecular complexity index is 1000. The fourth-order valence-electron chi connectivity index (χ4n) is 3.34. The lowest BCUT2D eigenvalue weighted by atomic mass is 9.90. The topological polar surface area (TPSA) is 77.2 Å². The molecule has 144 valence electrons. The Kier molecular flexibility index (Phi) is 5.06. The van der Waals surface area contributed by atoms with Crippen LogP contribution in [-0.2, 0) is 17.6 Å². The van der Waals surface area contributed by atoms with E-state index in [-0.39, 0.29) is 11.6 Å². The normalized spacial score (nSPS) is 14.2. The van der Waals surface area contributed by atoms with Crippen LogP contribution in [0.15, 0.2) is 47.1 Å². The van der Waals surface area contributed by atoms with Gasteiger partial charge in [0, 0.05) is 5.56 Å². The van der Waals surface area contributed by atoms with Crippen molar-refractivity contribution in [3.63, 3.8) is 0 Å². The molecule has 0 radical (unpaired) electrons. The number of ether oxygens (including phenoxy) is 1. The number of nitrogens with one attached hydrogen (secondary N) is 1. The molecule has 1 aliphatic rings. The molecule has 28 heavy (non-hydrogen) atoms. The van der Waals surface area contributed by atoms with Crippen LogP contribution in [0.1, 0.15) is 30.9 Å². The molecule has 0 unspecified atom stereocenters. The fraction of sp³-hybridized carbons (Fsp3) is 0.286. The van der Waals surface area contributed by atoms with E-state index in [1.807, 2.05) is 6.07 Å². The van der Waals surface area contributed by atoms with Gasteiger partial charge in [-0.25, -0.2) is 9.02 Å². The number of anilines is 1. The van der Waals surface area contributed by atoms with Gasteiger partial charge in [-0.05, 0) is 72.2 Å². The predicted molar refractivity (Wildman–Crippen MR) is 101 cm³/mol. The van der Waals surface area contributed by atoms with Crippen molar-refractivity contribution in [2.24, 2.45) is 0 Å². The van der Waals surface area contributed by atoms with Crippen LogP contribution in [0.4, 0.5) is 10.2 Å². The second kappa shape index (κ2) is 7.80. The summed E-state index contributed by atoms with van der Waals surface area (Å²) in [5.41, 5.74) is 3.93. The minimum absolute atomic E-state index is 0.0124. The van der Waals surface area contributed by atoms with E-state index in [2.05, 4.69) is 27.8 Å². The van der Waals surface area contributed by atoms with Crippen LogP contribution in [0.3, 0.4) is 0 Å². The number of hydrogen-bond donors (Lipinski definition) is 1. The van der Waals surface area contributed by atoms with Gasteiger partial charge in [0.25, 0.3) is 5.91 Å².